The number of aromatic nitrogens is 2. The van der Waals surface area contributed by atoms with E-state index in [0.29, 0.717) is 0 Å². The summed E-state index contributed by atoms with van der Waals surface area (Å²) < 4.78 is 1.83. The van der Waals surface area contributed by atoms with Crippen LogP contribution in [0.4, 0.5) is 0 Å². The van der Waals surface area contributed by atoms with Crippen molar-refractivity contribution in [2.24, 2.45) is 11.1 Å². The van der Waals surface area contributed by atoms with Gasteiger partial charge in [-0.15, -0.1) is 0 Å². The van der Waals surface area contributed by atoms with E-state index in [1.54, 1.807) is 6.20 Å². The third kappa shape index (κ3) is 4.57. The van der Waals surface area contributed by atoms with Crippen LogP contribution < -0.4 is 5.73 Å². The van der Waals surface area contributed by atoms with E-state index in [4.69, 9.17) is 15.9 Å². The molecule has 0 aliphatic heterocycles. The molecule has 4 N–H and O–H groups in total. The molecule has 130 valence electrons. The van der Waals surface area contributed by atoms with Crippen molar-refractivity contribution in [1.29, 1.82) is 0 Å². The van der Waals surface area contributed by atoms with Gasteiger partial charge in [0.1, 0.15) is 0 Å². The summed E-state index contributed by atoms with van der Waals surface area (Å²) in [5.74, 6) is -2.21. The largest absolute Gasteiger partial charge is 0.481 e. The maximum atomic E-state index is 10.9. The van der Waals surface area contributed by atoms with Gasteiger partial charge < -0.3 is 15.9 Å². The zero-order valence-corrected chi connectivity index (χ0v) is 13.7. The SMILES string of the molecule is CC1(C(=O)O)C=C(N)C=C(C(=O)O)C1.c1ccc(-n2cccn2)cc1. The summed E-state index contributed by atoms with van der Waals surface area (Å²) >= 11 is 0. The summed E-state index contributed by atoms with van der Waals surface area (Å²) in [6.07, 6.45) is 6.30. The molecule has 7 nitrogen and oxygen atoms in total. The smallest absolute Gasteiger partial charge is 0.331 e. The fourth-order valence-electron chi connectivity index (χ4n) is 2.39. The Balaban J connectivity index is 0.000000185. The number of nitrogens with zero attached hydrogens (tertiary/aromatic N) is 2. The number of rotatable bonds is 3. The predicted molar refractivity (Wildman–Crippen MR) is 91.9 cm³/mol. The van der Waals surface area contributed by atoms with Crippen molar-refractivity contribution in [3.63, 3.8) is 0 Å². The molecule has 1 aliphatic carbocycles. The number of carboxylic acids is 2. The van der Waals surface area contributed by atoms with Gasteiger partial charge in [0.25, 0.3) is 0 Å². The molecule has 2 aromatic rings. The van der Waals surface area contributed by atoms with Gasteiger partial charge in [-0.1, -0.05) is 18.2 Å². The molecule has 1 aromatic heterocycles. The second kappa shape index (κ2) is 7.48. The summed E-state index contributed by atoms with van der Waals surface area (Å²) in [6.45, 7) is 1.44. The second-order valence-corrected chi connectivity index (χ2v) is 5.80. The van der Waals surface area contributed by atoms with E-state index < -0.39 is 17.4 Å². The van der Waals surface area contributed by atoms with E-state index >= 15 is 0 Å². The highest BCUT2D eigenvalue weighted by atomic mass is 16.4. The second-order valence-electron chi connectivity index (χ2n) is 5.80. The molecule has 1 unspecified atom stereocenters. The Kier molecular flexibility index (Phi) is 5.38. The summed E-state index contributed by atoms with van der Waals surface area (Å²) in [4.78, 5) is 21.5. The van der Waals surface area contributed by atoms with Crippen molar-refractivity contribution in [2.45, 2.75) is 13.3 Å². The number of aliphatic carboxylic acids is 2. The Morgan fingerprint density at radius 1 is 1.20 bits per heavy atom. The highest BCUT2D eigenvalue weighted by Gasteiger charge is 2.36. The lowest BCUT2D eigenvalue weighted by Gasteiger charge is -2.24. The lowest BCUT2D eigenvalue weighted by Crippen LogP contribution is -2.30. The van der Waals surface area contributed by atoms with Crippen LogP contribution in [0.3, 0.4) is 0 Å². The molecule has 25 heavy (non-hydrogen) atoms. The van der Waals surface area contributed by atoms with Crippen molar-refractivity contribution >= 4 is 11.9 Å². The average molecular weight is 341 g/mol. The number of carbonyl (C=O) groups is 2. The molecule has 0 bridgehead atoms. The van der Waals surface area contributed by atoms with Gasteiger partial charge >= 0.3 is 11.9 Å². The van der Waals surface area contributed by atoms with Gasteiger partial charge in [0.2, 0.25) is 0 Å². The third-order valence-corrected chi connectivity index (χ3v) is 3.67. The molecule has 0 fully saturated rings. The van der Waals surface area contributed by atoms with Crippen LogP contribution in [-0.4, -0.2) is 31.9 Å². The molecule has 1 atom stereocenters. The van der Waals surface area contributed by atoms with Gasteiger partial charge in [-0.25, -0.2) is 9.48 Å². The van der Waals surface area contributed by atoms with Crippen LogP contribution in [-0.2, 0) is 9.59 Å². The van der Waals surface area contributed by atoms with Crippen LogP contribution in [0.5, 0.6) is 0 Å². The minimum atomic E-state index is -1.22. The fraction of sp³-hybridized carbons (Fsp3) is 0.167. The molecule has 0 saturated carbocycles. The monoisotopic (exact) mass is 341 g/mol. The molecule has 0 spiro atoms. The minimum absolute atomic E-state index is 0.0231. The first kappa shape index (κ1) is 18.0. The number of nitrogens with two attached hydrogens (primary N) is 1. The zero-order chi connectivity index (χ0) is 18.4. The summed E-state index contributed by atoms with van der Waals surface area (Å²) in [7, 11) is 0. The molecule has 1 aliphatic rings. The van der Waals surface area contributed by atoms with Crippen molar-refractivity contribution in [2.75, 3.05) is 0 Å². The number of para-hydroxylation sites is 1. The van der Waals surface area contributed by atoms with Crippen molar-refractivity contribution in [1.82, 2.24) is 9.78 Å². The topological polar surface area (TPSA) is 118 Å². The standard InChI is InChI=1S/C9H8N2.C9H11NO4/c1-2-5-9(6-3-1)11-8-4-7-10-11;1-9(8(13)14)3-5(7(11)12)2-6(10)4-9/h1-8H;2,4H,3,10H2,1H3,(H,11,12)(H,13,14). The molecule has 1 heterocycles. The van der Waals surface area contributed by atoms with E-state index in [2.05, 4.69) is 5.10 Å². The van der Waals surface area contributed by atoms with Gasteiger partial charge in [-0.3, -0.25) is 4.79 Å². The molecule has 0 amide bonds. The van der Waals surface area contributed by atoms with Crippen LogP contribution in [0.15, 0.2) is 72.2 Å². The van der Waals surface area contributed by atoms with E-state index in [1.165, 1.54) is 19.1 Å². The van der Waals surface area contributed by atoms with E-state index in [1.807, 2.05) is 47.3 Å². The Bertz CT molecular complexity index is 810. The number of benzene rings is 1. The molecule has 7 heteroatoms. The first-order valence-corrected chi connectivity index (χ1v) is 7.52. The van der Waals surface area contributed by atoms with Crippen LogP contribution in [0, 0.1) is 5.41 Å². The lowest BCUT2D eigenvalue weighted by atomic mass is 9.79. The van der Waals surface area contributed by atoms with Gasteiger partial charge in [-0.05, 0) is 43.7 Å². The zero-order valence-electron chi connectivity index (χ0n) is 13.7. The Labute approximate surface area is 144 Å². The van der Waals surface area contributed by atoms with Crippen LogP contribution in [0.25, 0.3) is 5.69 Å². The molecular weight excluding hydrogens is 322 g/mol. The van der Waals surface area contributed by atoms with Crippen molar-refractivity contribution < 1.29 is 19.8 Å². The Hall–Kier alpha value is -3.35. The quantitative estimate of drug-likeness (QED) is 0.787. The van der Waals surface area contributed by atoms with E-state index in [0.717, 1.165) is 5.69 Å². The van der Waals surface area contributed by atoms with Crippen molar-refractivity contribution in [3.05, 3.63) is 72.2 Å². The summed E-state index contributed by atoms with van der Waals surface area (Å²) in [6, 6.07) is 11.9. The molecule has 1 aromatic carbocycles. The molecule has 3 rings (SSSR count). The fourth-order valence-corrected chi connectivity index (χ4v) is 2.39. The Morgan fingerprint density at radius 2 is 1.88 bits per heavy atom. The number of hydrogen-bond donors (Lipinski definition) is 3. The number of allylic oxidation sites excluding steroid dienone is 1. The number of hydrogen-bond acceptors (Lipinski definition) is 4. The van der Waals surface area contributed by atoms with E-state index in [-0.39, 0.29) is 17.7 Å². The normalized spacial score (nSPS) is 19.1. The van der Waals surface area contributed by atoms with E-state index in [9.17, 15) is 9.59 Å². The molecular formula is C18H19N3O4. The number of carboxylic acid groups (broad SMARTS) is 2. The van der Waals surface area contributed by atoms with Gasteiger partial charge in [0.05, 0.1) is 11.1 Å². The highest BCUT2D eigenvalue weighted by Crippen LogP contribution is 2.32. The molecule has 0 saturated heterocycles. The van der Waals surface area contributed by atoms with Crippen LogP contribution in [0.1, 0.15) is 13.3 Å². The van der Waals surface area contributed by atoms with Crippen LogP contribution in [0.2, 0.25) is 0 Å². The summed E-state index contributed by atoms with van der Waals surface area (Å²) in [5.41, 5.74) is 5.52. The van der Waals surface area contributed by atoms with Crippen molar-refractivity contribution in [3.8, 4) is 5.69 Å². The summed E-state index contributed by atoms with van der Waals surface area (Å²) in [5, 5.41) is 21.7. The molecule has 0 radical (unpaired) electrons. The lowest BCUT2D eigenvalue weighted by molar-refractivity contribution is -0.145. The maximum absolute atomic E-state index is 10.9. The first-order chi connectivity index (χ1) is 11.8. The third-order valence-electron chi connectivity index (χ3n) is 3.67. The van der Waals surface area contributed by atoms with Gasteiger partial charge in [0.15, 0.2) is 0 Å². The minimum Gasteiger partial charge on any atom is -0.481 e. The Morgan fingerprint density at radius 3 is 2.40 bits per heavy atom. The first-order valence-electron chi connectivity index (χ1n) is 7.52. The van der Waals surface area contributed by atoms with Gasteiger partial charge in [0, 0.05) is 23.7 Å². The average Bonchev–Trinajstić information content (AvgIpc) is 3.10. The maximum Gasteiger partial charge on any atom is 0.331 e. The van der Waals surface area contributed by atoms with Gasteiger partial charge in [-0.2, -0.15) is 5.10 Å². The van der Waals surface area contributed by atoms with Crippen LogP contribution >= 0.6 is 0 Å². The highest BCUT2D eigenvalue weighted by molar-refractivity contribution is 5.90. The predicted octanol–water partition coefficient (Wildman–Crippen LogP) is 2.21.